The zero-order valence-electron chi connectivity index (χ0n) is 15.9. The molecule has 2 heterocycles. The number of rotatable bonds is 6. The topological polar surface area (TPSA) is 66.1 Å². The van der Waals surface area contributed by atoms with Crippen molar-refractivity contribution in [2.75, 3.05) is 12.3 Å². The second-order valence-electron chi connectivity index (χ2n) is 7.51. The Kier molecular flexibility index (Phi) is 5.88. The fourth-order valence-corrected chi connectivity index (χ4v) is 6.52. The molecule has 2 aromatic heterocycles. The minimum absolute atomic E-state index is 0.0151. The SMILES string of the molecule is CCN(C(=O)CSCc1nc2sc3c(c2c(=O)[nH]1)CCC3)C1CCCCC1. The number of aromatic amines is 1. The molecule has 146 valence electrons. The molecule has 5 nitrogen and oxygen atoms in total. The van der Waals surface area contributed by atoms with E-state index in [4.69, 9.17) is 0 Å². The predicted molar refractivity (Wildman–Crippen MR) is 113 cm³/mol. The Labute approximate surface area is 167 Å². The van der Waals surface area contributed by atoms with Crippen LogP contribution in [0.1, 0.15) is 61.7 Å². The second-order valence-corrected chi connectivity index (χ2v) is 9.58. The van der Waals surface area contributed by atoms with Crippen LogP contribution in [-0.2, 0) is 23.4 Å². The summed E-state index contributed by atoms with van der Waals surface area (Å²) in [5.41, 5.74) is 1.20. The average Bonchev–Trinajstić information content (AvgIpc) is 3.24. The first-order chi connectivity index (χ1) is 13.2. The third-order valence-corrected chi connectivity index (χ3v) is 7.88. The van der Waals surface area contributed by atoms with Crippen LogP contribution in [0.25, 0.3) is 10.2 Å². The summed E-state index contributed by atoms with van der Waals surface area (Å²) in [6, 6.07) is 0.416. The molecule has 27 heavy (non-hydrogen) atoms. The number of amides is 1. The lowest BCUT2D eigenvalue weighted by Crippen LogP contribution is -2.42. The fourth-order valence-electron chi connectivity index (χ4n) is 4.46. The summed E-state index contributed by atoms with van der Waals surface area (Å²) >= 11 is 3.22. The van der Waals surface area contributed by atoms with Crippen LogP contribution < -0.4 is 5.56 Å². The van der Waals surface area contributed by atoms with Gasteiger partial charge in [0.25, 0.3) is 5.56 Å². The minimum Gasteiger partial charge on any atom is -0.339 e. The number of thiophene rings is 1. The summed E-state index contributed by atoms with van der Waals surface area (Å²) in [5.74, 6) is 1.92. The summed E-state index contributed by atoms with van der Waals surface area (Å²) < 4.78 is 0. The first-order valence-electron chi connectivity index (χ1n) is 10.1. The molecule has 0 saturated heterocycles. The second kappa shape index (κ2) is 8.35. The number of hydrogen-bond acceptors (Lipinski definition) is 5. The normalized spacial score (nSPS) is 17.4. The Morgan fingerprint density at radius 1 is 1.26 bits per heavy atom. The van der Waals surface area contributed by atoms with Gasteiger partial charge in [-0.3, -0.25) is 9.59 Å². The van der Waals surface area contributed by atoms with Crippen molar-refractivity contribution in [3.8, 4) is 0 Å². The van der Waals surface area contributed by atoms with E-state index in [1.54, 1.807) is 23.1 Å². The third-order valence-electron chi connectivity index (χ3n) is 5.76. The van der Waals surface area contributed by atoms with E-state index in [0.29, 0.717) is 23.4 Å². The number of hydrogen-bond donors (Lipinski definition) is 1. The number of carbonyl (C=O) groups excluding carboxylic acids is 1. The smallest absolute Gasteiger partial charge is 0.259 e. The summed E-state index contributed by atoms with van der Waals surface area (Å²) in [5, 5.41) is 0.798. The number of aromatic nitrogens is 2. The number of fused-ring (bicyclic) bond motifs is 3. The largest absolute Gasteiger partial charge is 0.339 e. The average molecular weight is 406 g/mol. The number of carbonyl (C=O) groups is 1. The van der Waals surface area contributed by atoms with Gasteiger partial charge in [0.2, 0.25) is 5.91 Å². The van der Waals surface area contributed by atoms with Crippen molar-refractivity contribution in [3.63, 3.8) is 0 Å². The van der Waals surface area contributed by atoms with Gasteiger partial charge >= 0.3 is 0 Å². The van der Waals surface area contributed by atoms with Crippen LogP contribution in [0.2, 0.25) is 0 Å². The highest BCUT2D eigenvalue weighted by atomic mass is 32.2. The molecular formula is C20H27N3O2S2. The Morgan fingerprint density at radius 3 is 2.85 bits per heavy atom. The third kappa shape index (κ3) is 3.94. The van der Waals surface area contributed by atoms with Crippen molar-refractivity contribution >= 4 is 39.2 Å². The maximum atomic E-state index is 12.7. The maximum absolute atomic E-state index is 12.7. The Morgan fingerprint density at radius 2 is 2.07 bits per heavy atom. The van der Waals surface area contributed by atoms with Crippen LogP contribution in [0, 0.1) is 0 Å². The number of thioether (sulfide) groups is 1. The zero-order valence-corrected chi connectivity index (χ0v) is 17.5. The van der Waals surface area contributed by atoms with Crippen LogP contribution in [0.3, 0.4) is 0 Å². The van der Waals surface area contributed by atoms with Gasteiger partial charge in [-0.05, 0) is 44.6 Å². The van der Waals surface area contributed by atoms with Gasteiger partial charge in [0.1, 0.15) is 10.7 Å². The van der Waals surface area contributed by atoms with Crippen molar-refractivity contribution in [2.24, 2.45) is 0 Å². The number of nitrogens with zero attached hydrogens (tertiary/aromatic N) is 2. The van der Waals surface area contributed by atoms with E-state index < -0.39 is 0 Å². The van der Waals surface area contributed by atoms with Crippen molar-refractivity contribution in [1.29, 1.82) is 0 Å². The van der Waals surface area contributed by atoms with Gasteiger partial charge in [-0.1, -0.05) is 19.3 Å². The lowest BCUT2D eigenvalue weighted by atomic mass is 9.94. The fraction of sp³-hybridized carbons (Fsp3) is 0.650. The van der Waals surface area contributed by atoms with Crippen LogP contribution in [0.4, 0.5) is 0 Å². The van der Waals surface area contributed by atoms with Crippen molar-refractivity contribution in [2.45, 2.75) is 70.1 Å². The van der Waals surface area contributed by atoms with Gasteiger partial charge in [-0.25, -0.2) is 4.98 Å². The van der Waals surface area contributed by atoms with E-state index >= 15 is 0 Å². The van der Waals surface area contributed by atoms with E-state index in [2.05, 4.69) is 21.8 Å². The van der Waals surface area contributed by atoms with Crippen molar-refractivity contribution in [3.05, 3.63) is 26.6 Å². The molecule has 0 spiro atoms. The molecule has 2 aliphatic rings. The highest BCUT2D eigenvalue weighted by Gasteiger charge is 2.24. The summed E-state index contributed by atoms with van der Waals surface area (Å²) in [6.45, 7) is 2.85. The monoisotopic (exact) mass is 405 g/mol. The van der Waals surface area contributed by atoms with E-state index in [0.717, 1.165) is 48.9 Å². The maximum Gasteiger partial charge on any atom is 0.259 e. The molecule has 0 aliphatic heterocycles. The summed E-state index contributed by atoms with van der Waals surface area (Å²) in [7, 11) is 0. The van der Waals surface area contributed by atoms with Gasteiger partial charge < -0.3 is 9.88 Å². The van der Waals surface area contributed by atoms with E-state index in [1.807, 2.05) is 0 Å². The Hall–Kier alpha value is -1.34. The van der Waals surface area contributed by atoms with Gasteiger partial charge in [0.15, 0.2) is 0 Å². The van der Waals surface area contributed by atoms with E-state index in [9.17, 15) is 9.59 Å². The van der Waals surface area contributed by atoms with Gasteiger partial charge in [-0.15, -0.1) is 23.1 Å². The van der Waals surface area contributed by atoms with Crippen LogP contribution in [-0.4, -0.2) is 39.1 Å². The van der Waals surface area contributed by atoms with Crippen LogP contribution >= 0.6 is 23.1 Å². The summed E-state index contributed by atoms with van der Waals surface area (Å²) in [4.78, 5) is 37.0. The van der Waals surface area contributed by atoms with Crippen LogP contribution in [0.15, 0.2) is 4.79 Å². The van der Waals surface area contributed by atoms with Crippen molar-refractivity contribution < 1.29 is 4.79 Å². The molecule has 1 saturated carbocycles. The molecular weight excluding hydrogens is 378 g/mol. The minimum atomic E-state index is -0.0151. The lowest BCUT2D eigenvalue weighted by Gasteiger charge is -2.33. The molecule has 0 radical (unpaired) electrons. The van der Waals surface area contributed by atoms with Gasteiger partial charge in [-0.2, -0.15) is 0 Å². The number of aryl methyl sites for hydroxylation is 2. The highest BCUT2D eigenvalue weighted by Crippen LogP contribution is 2.34. The molecule has 1 amide bonds. The van der Waals surface area contributed by atoms with Crippen molar-refractivity contribution in [1.82, 2.24) is 14.9 Å². The molecule has 0 aromatic carbocycles. The Balaban J connectivity index is 1.38. The van der Waals surface area contributed by atoms with E-state index in [-0.39, 0.29) is 11.5 Å². The molecule has 1 fully saturated rings. The molecule has 4 rings (SSSR count). The first-order valence-corrected chi connectivity index (χ1v) is 12.0. The van der Waals surface area contributed by atoms with E-state index in [1.165, 1.54) is 29.7 Å². The van der Waals surface area contributed by atoms with Gasteiger partial charge in [0, 0.05) is 17.5 Å². The predicted octanol–water partition coefficient (Wildman–Crippen LogP) is 3.89. The van der Waals surface area contributed by atoms with Crippen LogP contribution in [0.5, 0.6) is 0 Å². The standard InChI is InChI=1S/C20H27N3O2S2/c1-2-23(13-7-4-3-5-8-13)17(24)12-26-11-16-21-19(25)18-14-9-6-10-15(14)27-20(18)22-16/h13H,2-12H2,1H3,(H,21,22,25). The molecule has 7 heteroatoms. The molecule has 2 aliphatic carbocycles. The number of H-pyrrole nitrogens is 1. The molecule has 0 bridgehead atoms. The summed E-state index contributed by atoms with van der Waals surface area (Å²) in [6.07, 6.45) is 9.25. The first kappa shape index (κ1) is 19.0. The lowest BCUT2D eigenvalue weighted by molar-refractivity contribution is -0.131. The Bertz CT molecular complexity index is 883. The quantitative estimate of drug-likeness (QED) is 0.792. The number of nitrogens with one attached hydrogen (secondary N) is 1. The molecule has 0 unspecified atom stereocenters. The molecule has 1 N–H and O–H groups in total. The zero-order chi connectivity index (χ0) is 18.8. The molecule has 2 aromatic rings. The van der Waals surface area contributed by atoms with Gasteiger partial charge in [0.05, 0.1) is 16.9 Å². The highest BCUT2D eigenvalue weighted by molar-refractivity contribution is 7.99. The molecule has 0 atom stereocenters.